The van der Waals surface area contributed by atoms with Gasteiger partial charge in [-0.25, -0.2) is 13.1 Å². The Morgan fingerprint density at radius 1 is 1.35 bits per heavy atom. The maximum atomic E-state index is 11.9. The van der Waals surface area contributed by atoms with Crippen LogP contribution in [0.25, 0.3) is 0 Å². The average Bonchev–Trinajstić information content (AvgIpc) is 2.28. The zero-order valence-corrected chi connectivity index (χ0v) is 11.6. The van der Waals surface area contributed by atoms with E-state index in [1.807, 2.05) is 0 Å². The molecule has 0 radical (unpaired) electrons. The quantitative estimate of drug-likeness (QED) is 0.845. The first-order valence-corrected chi connectivity index (χ1v) is 7.20. The van der Waals surface area contributed by atoms with E-state index in [0.717, 1.165) is 0 Å². The van der Waals surface area contributed by atoms with Crippen molar-refractivity contribution in [1.29, 1.82) is 0 Å². The second-order valence-electron chi connectivity index (χ2n) is 3.25. The van der Waals surface area contributed by atoms with Gasteiger partial charge in [-0.3, -0.25) is 4.79 Å². The maximum absolute atomic E-state index is 11.9. The molecule has 0 aliphatic heterocycles. The van der Waals surface area contributed by atoms with Crippen molar-refractivity contribution in [3.63, 3.8) is 0 Å². The Hall–Kier alpha value is -0.920. The molecule has 0 saturated carbocycles. The molecule has 0 atom stereocenters. The first-order valence-electron chi connectivity index (χ1n) is 4.92. The van der Waals surface area contributed by atoms with Gasteiger partial charge in [0.2, 0.25) is 15.9 Å². The summed E-state index contributed by atoms with van der Waals surface area (Å²) >= 11 is 3.17. The predicted molar refractivity (Wildman–Crippen MR) is 68.0 cm³/mol. The highest BCUT2D eigenvalue weighted by molar-refractivity contribution is 9.10. The number of sulfonamides is 1. The van der Waals surface area contributed by atoms with Crippen LogP contribution in [-0.4, -0.2) is 27.9 Å². The van der Waals surface area contributed by atoms with Crippen LogP contribution in [0.4, 0.5) is 0 Å². The van der Waals surface area contributed by atoms with Crippen LogP contribution >= 0.6 is 15.9 Å². The first-order chi connectivity index (χ1) is 7.97. The predicted octanol–water partition coefficient (Wildman–Crippen LogP) is 0.864. The topological polar surface area (TPSA) is 75.3 Å². The average molecular weight is 321 g/mol. The second-order valence-corrected chi connectivity index (χ2v) is 5.84. The van der Waals surface area contributed by atoms with Gasteiger partial charge in [-0.1, -0.05) is 12.1 Å². The van der Waals surface area contributed by atoms with Crippen LogP contribution in [0.2, 0.25) is 0 Å². The normalized spacial score (nSPS) is 11.2. The van der Waals surface area contributed by atoms with Crippen molar-refractivity contribution < 1.29 is 13.2 Å². The molecule has 7 heteroatoms. The number of nitrogens with one attached hydrogen (secondary N) is 2. The number of halogens is 1. The Bertz CT molecular complexity index is 502. The zero-order chi connectivity index (χ0) is 12.9. The van der Waals surface area contributed by atoms with Gasteiger partial charge in [0.25, 0.3) is 0 Å². The van der Waals surface area contributed by atoms with Crippen molar-refractivity contribution in [3.05, 3.63) is 28.7 Å². The molecule has 0 fully saturated rings. The third-order valence-electron chi connectivity index (χ3n) is 2.05. The van der Waals surface area contributed by atoms with Crippen molar-refractivity contribution in [2.24, 2.45) is 0 Å². The van der Waals surface area contributed by atoms with E-state index in [1.165, 1.54) is 13.1 Å². The summed E-state index contributed by atoms with van der Waals surface area (Å²) in [4.78, 5) is 11.1. The molecule has 0 spiro atoms. The van der Waals surface area contributed by atoms with E-state index < -0.39 is 10.0 Å². The van der Waals surface area contributed by atoms with Crippen molar-refractivity contribution >= 4 is 31.9 Å². The molecule has 0 bridgehead atoms. The van der Waals surface area contributed by atoms with Crippen molar-refractivity contribution in [3.8, 4) is 0 Å². The van der Waals surface area contributed by atoms with Gasteiger partial charge in [-0.2, -0.15) is 0 Å². The third-order valence-corrected chi connectivity index (χ3v) is 4.52. The standard InChI is InChI=1S/C10H13BrN2O3S/c1-12-10(14)6-7-13-17(15,16)9-5-3-2-4-8(9)11/h2-5,13H,6-7H2,1H3,(H,12,14). The number of carbonyl (C=O) groups excluding carboxylic acids is 1. The summed E-state index contributed by atoms with van der Waals surface area (Å²) in [6.45, 7) is 0.0728. The van der Waals surface area contributed by atoms with E-state index in [-0.39, 0.29) is 23.8 Å². The van der Waals surface area contributed by atoms with E-state index in [2.05, 4.69) is 26.0 Å². The largest absolute Gasteiger partial charge is 0.359 e. The molecule has 1 aromatic carbocycles. The molecule has 1 rings (SSSR count). The zero-order valence-electron chi connectivity index (χ0n) is 9.23. The lowest BCUT2D eigenvalue weighted by molar-refractivity contribution is -0.120. The number of hydrogen-bond acceptors (Lipinski definition) is 3. The molecule has 17 heavy (non-hydrogen) atoms. The first kappa shape index (κ1) is 14.1. The molecule has 94 valence electrons. The maximum Gasteiger partial charge on any atom is 0.241 e. The molecule has 5 nitrogen and oxygen atoms in total. The van der Waals surface area contributed by atoms with E-state index in [4.69, 9.17) is 0 Å². The van der Waals surface area contributed by atoms with Crippen LogP contribution in [0.5, 0.6) is 0 Å². The highest BCUT2D eigenvalue weighted by Crippen LogP contribution is 2.20. The summed E-state index contributed by atoms with van der Waals surface area (Å²) in [6, 6.07) is 6.51. The van der Waals surface area contributed by atoms with Crippen LogP contribution in [-0.2, 0) is 14.8 Å². The number of carbonyl (C=O) groups is 1. The fraction of sp³-hybridized carbons (Fsp3) is 0.300. The van der Waals surface area contributed by atoms with Crippen LogP contribution in [0.15, 0.2) is 33.6 Å². The second kappa shape index (κ2) is 6.13. The minimum atomic E-state index is -3.57. The number of hydrogen-bond donors (Lipinski definition) is 2. The molecule has 0 heterocycles. The van der Waals surface area contributed by atoms with Crippen LogP contribution in [0.3, 0.4) is 0 Å². The number of benzene rings is 1. The van der Waals surface area contributed by atoms with Gasteiger partial charge < -0.3 is 5.32 Å². The van der Waals surface area contributed by atoms with E-state index in [1.54, 1.807) is 18.2 Å². The van der Waals surface area contributed by atoms with Gasteiger partial charge in [-0.05, 0) is 28.1 Å². The summed E-state index contributed by atoms with van der Waals surface area (Å²) in [6.07, 6.45) is 0.111. The molecule has 1 amide bonds. The Kier molecular flexibility index (Phi) is 5.10. The van der Waals surface area contributed by atoms with Crippen molar-refractivity contribution in [2.45, 2.75) is 11.3 Å². The molecule has 0 aliphatic rings. The lowest BCUT2D eigenvalue weighted by Gasteiger charge is -2.07. The van der Waals surface area contributed by atoms with Crippen molar-refractivity contribution in [2.75, 3.05) is 13.6 Å². The van der Waals surface area contributed by atoms with Gasteiger partial charge in [0.15, 0.2) is 0 Å². The van der Waals surface area contributed by atoms with Gasteiger partial charge in [0, 0.05) is 24.5 Å². The van der Waals surface area contributed by atoms with E-state index >= 15 is 0 Å². The van der Waals surface area contributed by atoms with Gasteiger partial charge in [0.05, 0.1) is 4.90 Å². The summed E-state index contributed by atoms with van der Waals surface area (Å²) in [7, 11) is -2.07. The summed E-state index contributed by atoms with van der Waals surface area (Å²) in [5, 5.41) is 2.42. The molecular formula is C10H13BrN2O3S. The molecule has 0 saturated heterocycles. The number of rotatable bonds is 5. The summed E-state index contributed by atoms with van der Waals surface area (Å²) < 4.78 is 26.6. The Labute approximate surface area is 109 Å². The summed E-state index contributed by atoms with van der Waals surface area (Å²) in [5.41, 5.74) is 0. The minimum Gasteiger partial charge on any atom is -0.359 e. The molecule has 2 N–H and O–H groups in total. The minimum absolute atomic E-state index is 0.0728. The Morgan fingerprint density at radius 3 is 2.59 bits per heavy atom. The Balaban J connectivity index is 2.70. The molecule has 0 unspecified atom stereocenters. The number of amides is 1. The van der Waals surface area contributed by atoms with Crippen molar-refractivity contribution in [1.82, 2.24) is 10.0 Å². The molecule has 1 aromatic rings. The molecule has 0 aliphatic carbocycles. The SMILES string of the molecule is CNC(=O)CCNS(=O)(=O)c1ccccc1Br. The van der Waals surface area contributed by atoms with Gasteiger partial charge >= 0.3 is 0 Å². The van der Waals surface area contributed by atoms with Crippen LogP contribution in [0.1, 0.15) is 6.42 Å². The highest BCUT2D eigenvalue weighted by Gasteiger charge is 2.16. The van der Waals surface area contributed by atoms with E-state index in [0.29, 0.717) is 4.47 Å². The lowest BCUT2D eigenvalue weighted by Crippen LogP contribution is -2.29. The van der Waals surface area contributed by atoms with Crippen LogP contribution in [0, 0.1) is 0 Å². The molecule has 0 aromatic heterocycles. The lowest BCUT2D eigenvalue weighted by atomic mass is 10.4. The van der Waals surface area contributed by atoms with Gasteiger partial charge in [-0.15, -0.1) is 0 Å². The Morgan fingerprint density at radius 2 is 2.00 bits per heavy atom. The fourth-order valence-electron chi connectivity index (χ4n) is 1.16. The fourth-order valence-corrected chi connectivity index (χ4v) is 3.20. The van der Waals surface area contributed by atoms with E-state index in [9.17, 15) is 13.2 Å². The smallest absolute Gasteiger partial charge is 0.241 e. The monoisotopic (exact) mass is 320 g/mol. The summed E-state index contributed by atoms with van der Waals surface area (Å²) in [5.74, 6) is -0.208. The van der Waals surface area contributed by atoms with Crippen LogP contribution < -0.4 is 10.0 Å². The molecular weight excluding hydrogens is 308 g/mol. The van der Waals surface area contributed by atoms with Gasteiger partial charge in [0.1, 0.15) is 0 Å². The third kappa shape index (κ3) is 4.10. The highest BCUT2D eigenvalue weighted by atomic mass is 79.9.